The van der Waals surface area contributed by atoms with Crippen molar-refractivity contribution in [3.63, 3.8) is 0 Å². The molecule has 0 spiro atoms. The van der Waals surface area contributed by atoms with Gasteiger partial charge in [-0.3, -0.25) is 0 Å². The topological polar surface area (TPSA) is 93.2 Å². The van der Waals surface area contributed by atoms with Crippen molar-refractivity contribution < 1.29 is 54.0 Å². The van der Waals surface area contributed by atoms with Gasteiger partial charge in [0.05, 0.1) is 0 Å². The van der Waals surface area contributed by atoms with Crippen LogP contribution >= 0.6 is 0 Å². The zero-order chi connectivity index (χ0) is 3.58. The molecule has 0 rings (SSSR count). The smallest absolute Gasteiger partial charge is 0.870 e. The first kappa shape index (κ1) is 37.2. The van der Waals surface area contributed by atoms with Gasteiger partial charge in [-0.05, 0) is 6.16 Å². The van der Waals surface area contributed by atoms with Crippen molar-refractivity contribution in [2.75, 3.05) is 0 Å². The van der Waals surface area contributed by atoms with Crippen LogP contribution in [-0.2, 0) is 33.6 Å². The number of hydrogen-bond acceptors (Lipinski definition) is 4. The Labute approximate surface area is 77.5 Å². The molecule has 4 nitrogen and oxygen atoms in total. The van der Waals surface area contributed by atoms with Gasteiger partial charge < -0.3 is 20.5 Å². The van der Waals surface area contributed by atoms with Crippen LogP contribution in [0, 0.1) is 0 Å². The van der Waals surface area contributed by atoms with E-state index in [2.05, 4.69) is 0 Å². The minimum atomic E-state index is -2.33. The minimum Gasteiger partial charge on any atom is -0.870 e. The zero-order valence-corrected chi connectivity index (χ0v) is 6.45. The SMILES string of the molecule is O=C([O-])[O-].[Al].[Cu+2].[Ni+2].[OH-]. The monoisotopic (exact) mass is 225 g/mol. The van der Waals surface area contributed by atoms with Gasteiger partial charge in [0.15, 0.2) is 0 Å². The summed E-state index contributed by atoms with van der Waals surface area (Å²) >= 11 is 0. The molecular weight excluding hydrogens is 225 g/mol. The third-order valence-corrected chi connectivity index (χ3v) is 0. The normalized spacial score (nSPS) is 3.00. The molecule has 0 saturated carbocycles. The molecule has 4 radical (unpaired) electrons. The van der Waals surface area contributed by atoms with Crippen LogP contribution in [0.1, 0.15) is 0 Å². The van der Waals surface area contributed by atoms with Gasteiger partial charge in [0, 0.05) is 17.4 Å². The van der Waals surface area contributed by atoms with Gasteiger partial charge in [-0.1, -0.05) is 0 Å². The van der Waals surface area contributed by atoms with Gasteiger partial charge in [0.2, 0.25) is 0 Å². The Hall–Kier alpha value is 0.775. The summed E-state index contributed by atoms with van der Waals surface area (Å²) in [5.41, 5.74) is 0. The van der Waals surface area contributed by atoms with Gasteiger partial charge in [0.1, 0.15) is 0 Å². The van der Waals surface area contributed by atoms with Crippen LogP contribution in [0.2, 0.25) is 0 Å². The van der Waals surface area contributed by atoms with Gasteiger partial charge in [0.25, 0.3) is 0 Å². The first-order valence-electron chi connectivity index (χ1n) is 0.612. The summed E-state index contributed by atoms with van der Waals surface area (Å²) in [7, 11) is 0. The van der Waals surface area contributed by atoms with Crippen LogP contribution in [0.15, 0.2) is 0 Å². The molecule has 0 aliphatic heterocycles. The summed E-state index contributed by atoms with van der Waals surface area (Å²) in [6.45, 7) is 0. The Morgan fingerprint density at radius 1 is 1.25 bits per heavy atom. The van der Waals surface area contributed by atoms with Gasteiger partial charge in [-0.15, -0.1) is 0 Å². The van der Waals surface area contributed by atoms with Crippen LogP contribution in [0.3, 0.4) is 0 Å². The van der Waals surface area contributed by atoms with Crippen LogP contribution in [0.5, 0.6) is 0 Å². The quantitative estimate of drug-likeness (QED) is 0.411. The van der Waals surface area contributed by atoms with E-state index >= 15 is 0 Å². The number of carbonyl (C=O) groups excluding carboxylic acids is 1. The summed E-state index contributed by atoms with van der Waals surface area (Å²) in [5.74, 6) is 0. The van der Waals surface area contributed by atoms with E-state index in [1.807, 2.05) is 0 Å². The van der Waals surface area contributed by atoms with E-state index in [4.69, 9.17) is 15.0 Å². The number of carbonyl (C=O) groups is 1. The number of carboxylic acid groups (broad SMARTS) is 2. The maximum atomic E-state index is 8.33. The van der Waals surface area contributed by atoms with Crippen molar-refractivity contribution in [1.29, 1.82) is 0 Å². The van der Waals surface area contributed by atoms with Gasteiger partial charge in [-0.25, -0.2) is 0 Å². The Bertz CT molecular complexity index is 39.0. The predicted molar refractivity (Wildman–Crippen MR) is 13.1 cm³/mol. The molecule has 0 atom stereocenters. The fourth-order valence-corrected chi connectivity index (χ4v) is 0. The maximum absolute atomic E-state index is 8.33. The second-order valence-corrected chi connectivity index (χ2v) is 0.250. The molecule has 1 N–H and O–H groups in total. The van der Waals surface area contributed by atoms with E-state index in [1.54, 1.807) is 0 Å². The average molecular weight is 226 g/mol. The molecule has 0 aliphatic rings. The van der Waals surface area contributed by atoms with Crippen LogP contribution in [0.4, 0.5) is 4.79 Å². The summed E-state index contributed by atoms with van der Waals surface area (Å²) in [6.07, 6.45) is -2.33. The third kappa shape index (κ3) is 376. The van der Waals surface area contributed by atoms with Crippen molar-refractivity contribution >= 4 is 23.5 Å². The second-order valence-electron chi connectivity index (χ2n) is 0.250. The Balaban J connectivity index is -0.00000000750. The summed E-state index contributed by atoms with van der Waals surface area (Å²) in [4.78, 5) is 8.33. The fraction of sp³-hybridized carbons (Fsp3) is 0. The molecule has 0 saturated heterocycles. The summed E-state index contributed by atoms with van der Waals surface area (Å²) in [5, 5.41) is 16.7. The van der Waals surface area contributed by atoms with Crippen molar-refractivity contribution in [3.05, 3.63) is 0 Å². The molecule has 7 heteroatoms. The molecule has 8 heavy (non-hydrogen) atoms. The molecule has 0 unspecified atom stereocenters. The first-order valence-corrected chi connectivity index (χ1v) is 0.612. The molecule has 0 amide bonds. The van der Waals surface area contributed by atoms with Crippen LogP contribution in [-0.4, -0.2) is 29.0 Å². The molecule has 0 aliphatic carbocycles. The molecule has 0 bridgehead atoms. The molecule has 0 aromatic heterocycles. The molecule has 0 heterocycles. The van der Waals surface area contributed by atoms with Crippen molar-refractivity contribution in [2.45, 2.75) is 0 Å². The standard InChI is InChI=1S/CH2O3.Al.Cu.Ni.H2O/c2-1(3)4;;;;/h(H2,2,3,4);;;;1H2/q;;2*+2;/p-3. The second kappa shape index (κ2) is 25.0. The van der Waals surface area contributed by atoms with Crippen molar-refractivity contribution in [2.24, 2.45) is 0 Å². The molecular formula is CHAlCuNiO4+. The van der Waals surface area contributed by atoms with E-state index in [-0.39, 0.29) is 56.4 Å². The van der Waals surface area contributed by atoms with E-state index in [0.29, 0.717) is 0 Å². The molecule has 0 fully saturated rings. The predicted octanol–water partition coefficient (Wildman–Crippen LogP) is -3.01. The first-order chi connectivity index (χ1) is 1.73. The molecule has 0 aromatic carbocycles. The van der Waals surface area contributed by atoms with E-state index < -0.39 is 6.16 Å². The van der Waals surface area contributed by atoms with Crippen molar-refractivity contribution in [3.8, 4) is 0 Å². The Morgan fingerprint density at radius 3 is 1.25 bits per heavy atom. The van der Waals surface area contributed by atoms with Crippen molar-refractivity contribution in [1.82, 2.24) is 0 Å². The van der Waals surface area contributed by atoms with E-state index in [1.165, 1.54) is 0 Å². The third-order valence-electron chi connectivity index (χ3n) is 0. The average Bonchev–Trinajstić information content (AvgIpc) is 0.811. The summed E-state index contributed by atoms with van der Waals surface area (Å²) < 4.78 is 0. The fourth-order valence-electron chi connectivity index (χ4n) is 0. The minimum absolute atomic E-state index is 0. The number of hydrogen-bond donors (Lipinski definition) is 0. The molecule has 0 aromatic rings. The van der Waals surface area contributed by atoms with E-state index in [9.17, 15) is 0 Å². The van der Waals surface area contributed by atoms with Crippen LogP contribution < -0.4 is 10.2 Å². The maximum Gasteiger partial charge on any atom is 2.00 e. The van der Waals surface area contributed by atoms with Gasteiger partial charge in [-0.2, -0.15) is 0 Å². The largest absolute Gasteiger partial charge is 2.00 e. The Morgan fingerprint density at radius 2 is 1.25 bits per heavy atom. The summed E-state index contributed by atoms with van der Waals surface area (Å²) in [6, 6.07) is 0. The molecule has 52 valence electrons. The van der Waals surface area contributed by atoms with Crippen LogP contribution in [0.25, 0.3) is 0 Å². The zero-order valence-electron chi connectivity index (χ0n) is 3.37. The van der Waals surface area contributed by atoms with E-state index in [0.717, 1.165) is 0 Å². The number of rotatable bonds is 0. The van der Waals surface area contributed by atoms with Gasteiger partial charge >= 0.3 is 33.6 Å². The Kier molecular flexibility index (Phi) is 117.